The van der Waals surface area contributed by atoms with Crippen LogP contribution < -0.4 is 20.9 Å². The second kappa shape index (κ2) is 13.3. The second-order valence-corrected chi connectivity index (χ2v) is 12.1. The number of carbonyl (C=O) groups is 1. The normalized spacial score (nSPS) is 23.4. The summed E-state index contributed by atoms with van der Waals surface area (Å²) < 4.78 is 24.5. The molecule has 0 bridgehead atoms. The summed E-state index contributed by atoms with van der Waals surface area (Å²) in [6.45, 7) is 1.74. The topological polar surface area (TPSA) is 141 Å². The summed E-state index contributed by atoms with van der Waals surface area (Å²) in [5.41, 5.74) is -1.31. The molecule has 2 heterocycles. The van der Waals surface area contributed by atoms with Gasteiger partial charge >= 0.3 is 18.3 Å². The number of rotatable bonds is 12. The molecule has 1 aromatic carbocycles. The maximum absolute atomic E-state index is 12.8. The van der Waals surface area contributed by atoms with Crippen LogP contribution >= 0.6 is 6.64 Å². The van der Waals surface area contributed by atoms with Crippen molar-refractivity contribution in [1.82, 2.24) is 14.6 Å². The van der Waals surface area contributed by atoms with Crippen molar-refractivity contribution in [2.45, 2.75) is 64.2 Å². The van der Waals surface area contributed by atoms with Crippen molar-refractivity contribution >= 4 is 24.4 Å². The van der Waals surface area contributed by atoms with Crippen LogP contribution in [0, 0.1) is 18.3 Å². The number of H-pyrrole nitrogens is 1. The first-order valence-corrected chi connectivity index (χ1v) is 14.8. The maximum atomic E-state index is 12.8. The number of hydrogen-bond donors (Lipinski definition) is 3. The van der Waals surface area contributed by atoms with E-state index in [-0.39, 0.29) is 12.7 Å². The Labute approximate surface area is 225 Å². The molecular formula is C25H32N3O8PS. The van der Waals surface area contributed by atoms with Gasteiger partial charge in [-0.05, 0) is 44.2 Å². The minimum Gasteiger partial charge on any atom is -0.462 e. The van der Waals surface area contributed by atoms with Crippen molar-refractivity contribution in [3.63, 3.8) is 0 Å². The van der Waals surface area contributed by atoms with E-state index in [4.69, 9.17) is 36.8 Å². The average Bonchev–Trinajstić information content (AvgIpc) is 3.17. The number of aromatic nitrogens is 2. The maximum Gasteiger partial charge on any atom is 0.330 e. The highest BCUT2D eigenvalue weighted by atomic mass is 32.5. The first-order valence-electron chi connectivity index (χ1n) is 12.2. The predicted molar refractivity (Wildman–Crippen MR) is 144 cm³/mol. The van der Waals surface area contributed by atoms with E-state index in [9.17, 15) is 19.5 Å². The number of carbonyl (C=O) groups excluding carboxylic acids is 1. The molecular weight excluding hydrogens is 533 g/mol. The zero-order valence-electron chi connectivity index (χ0n) is 21.3. The summed E-state index contributed by atoms with van der Waals surface area (Å²) in [6, 6.07) is 9.08. The number of terminal acetylenes is 1. The van der Waals surface area contributed by atoms with Crippen LogP contribution in [0.15, 0.2) is 52.2 Å². The number of esters is 1. The van der Waals surface area contributed by atoms with Crippen LogP contribution in [0.1, 0.15) is 39.8 Å². The number of aromatic amines is 1. The first-order chi connectivity index (χ1) is 18.1. The van der Waals surface area contributed by atoms with Gasteiger partial charge in [0.25, 0.3) is 5.56 Å². The van der Waals surface area contributed by atoms with Gasteiger partial charge in [0.15, 0.2) is 6.23 Å². The van der Waals surface area contributed by atoms with Crippen molar-refractivity contribution in [3.8, 4) is 18.1 Å². The fourth-order valence-corrected chi connectivity index (χ4v) is 6.20. The number of hydrogen-bond acceptors (Lipinski definition) is 9. The standard InChI is InChI=1S/C25H32N3O8PS/c1-5-10-19(24(31)34-16(3)4)27-37(38,36-17-11-8-7-9-12-17)33-15-20-22(30)18(6-2)23(35-20)28-14-13-21(29)26-25(28)32/h2,7-9,11-14,16,18-20,22-23,30H,5,10,15H2,1,3-4H3,(H,27,38)(H,26,29,32). The van der Waals surface area contributed by atoms with Gasteiger partial charge in [-0.2, -0.15) is 0 Å². The molecule has 6 atom stereocenters. The molecule has 0 radical (unpaired) electrons. The summed E-state index contributed by atoms with van der Waals surface area (Å²) in [4.78, 5) is 38.7. The van der Waals surface area contributed by atoms with E-state index in [0.29, 0.717) is 18.6 Å². The Hall–Kier alpha value is -2.78. The van der Waals surface area contributed by atoms with E-state index in [1.54, 1.807) is 38.1 Å². The van der Waals surface area contributed by atoms with Crippen LogP contribution in [0.3, 0.4) is 0 Å². The van der Waals surface area contributed by atoms with Crippen molar-refractivity contribution in [2.75, 3.05) is 6.61 Å². The van der Waals surface area contributed by atoms with E-state index in [0.717, 1.165) is 10.6 Å². The highest BCUT2D eigenvalue weighted by Gasteiger charge is 2.45. The number of nitrogens with one attached hydrogen (secondary N) is 2. The number of nitrogens with zero attached hydrogens (tertiary/aromatic N) is 1. The van der Waals surface area contributed by atoms with Crippen LogP contribution in [0.4, 0.5) is 0 Å². The molecule has 0 amide bonds. The van der Waals surface area contributed by atoms with Crippen LogP contribution in [0.5, 0.6) is 5.75 Å². The van der Waals surface area contributed by atoms with E-state index >= 15 is 0 Å². The number of benzene rings is 1. The molecule has 1 aliphatic heterocycles. The van der Waals surface area contributed by atoms with Crippen molar-refractivity contribution in [1.29, 1.82) is 0 Å². The Bertz CT molecular complexity index is 1290. The molecule has 6 unspecified atom stereocenters. The third-order valence-electron chi connectivity index (χ3n) is 5.59. The average molecular weight is 566 g/mol. The fraction of sp³-hybridized carbons (Fsp3) is 0.480. The summed E-state index contributed by atoms with van der Waals surface area (Å²) in [7, 11) is 0. The number of aliphatic hydroxyl groups excluding tert-OH is 1. The molecule has 0 saturated carbocycles. The third kappa shape index (κ3) is 7.63. The van der Waals surface area contributed by atoms with Gasteiger partial charge in [-0.1, -0.05) is 37.5 Å². The molecule has 1 fully saturated rings. The van der Waals surface area contributed by atoms with E-state index in [1.165, 1.54) is 6.20 Å². The lowest BCUT2D eigenvalue weighted by Gasteiger charge is -2.29. The lowest BCUT2D eigenvalue weighted by molar-refractivity contribution is -0.149. The van der Waals surface area contributed by atoms with Gasteiger partial charge in [-0.25, -0.2) is 9.88 Å². The summed E-state index contributed by atoms with van der Waals surface area (Å²) >= 11 is 5.77. The Morgan fingerprint density at radius 2 is 2.03 bits per heavy atom. The van der Waals surface area contributed by atoms with E-state index < -0.39 is 54.3 Å². The molecule has 38 heavy (non-hydrogen) atoms. The molecule has 13 heteroatoms. The molecule has 0 aliphatic carbocycles. The van der Waals surface area contributed by atoms with Crippen molar-refractivity contribution in [2.24, 2.45) is 5.92 Å². The van der Waals surface area contributed by atoms with Gasteiger partial charge in [0.2, 0.25) is 0 Å². The van der Waals surface area contributed by atoms with Gasteiger partial charge in [-0.3, -0.25) is 19.1 Å². The molecule has 1 aliphatic rings. The summed E-state index contributed by atoms with van der Waals surface area (Å²) in [6.07, 6.45) is 4.37. The van der Waals surface area contributed by atoms with E-state index in [2.05, 4.69) is 16.0 Å². The highest BCUT2D eigenvalue weighted by Crippen LogP contribution is 2.47. The quantitative estimate of drug-likeness (QED) is 0.199. The minimum atomic E-state index is -3.42. The van der Waals surface area contributed by atoms with Crippen molar-refractivity contribution in [3.05, 3.63) is 63.4 Å². The molecule has 1 aromatic heterocycles. The zero-order valence-corrected chi connectivity index (χ0v) is 23.0. The van der Waals surface area contributed by atoms with Gasteiger partial charge in [0, 0.05) is 12.3 Å². The SMILES string of the molecule is C#CC1C(O)C(COP(=S)(NC(CCC)C(=O)OC(C)C)Oc2ccccc2)OC1n1ccc(=O)[nH]c1=O. The lowest BCUT2D eigenvalue weighted by atomic mass is 10.0. The van der Waals surface area contributed by atoms with Crippen LogP contribution in [0.25, 0.3) is 0 Å². The number of aliphatic hydroxyl groups is 1. The van der Waals surface area contributed by atoms with Crippen LogP contribution in [-0.2, 0) is 30.6 Å². The second-order valence-electron chi connectivity index (χ2n) is 8.92. The van der Waals surface area contributed by atoms with Gasteiger partial charge in [0.05, 0.1) is 18.6 Å². The Kier molecular flexibility index (Phi) is 10.4. The minimum absolute atomic E-state index is 0.261. The van der Waals surface area contributed by atoms with Crippen molar-refractivity contribution < 1.29 is 28.4 Å². The van der Waals surface area contributed by atoms with E-state index in [1.807, 2.05) is 13.0 Å². The predicted octanol–water partition coefficient (Wildman–Crippen LogP) is 2.07. The van der Waals surface area contributed by atoms with Crippen LogP contribution in [0.2, 0.25) is 0 Å². The molecule has 3 rings (SSSR count). The monoisotopic (exact) mass is 565 g/mol. The molecule has 2 aromatic rings. The largest absolute Gasteiger partial charge is 0.462 e. The summed E-state index contributed by atoms with van der Waals surface area (Å²) in [5, 5.41) is 13.9. The number of para-hydroxylation sites is 1. The zero-order chi connectivity index (χ0) is 27.9. The first kappa shape index (κ1) is 29.8. The Morgan fingerprint density at radius 1 is 1.32 bits per heavy atom. The van der Waals surface area contributed by atoms with Gasteiger partial charge < -0.3 is 23.6 Å². The Morgan fingerprint density at radius 3 is 2.63 bits per heavy atom. The molecule has 3 N–H and O–H groups in total. The highest BCUT2D eigenvalue weighted by molar-refractivity contribution is 8.09. The molecule has 0 spiro atoms. The molecule has 11 nitrogen and oxygen atoms in total. The van der Waals surface area contributed by atoms with Crippen LogP contribution in [-0.4, -0.2) is 51.6 Å². The smallest absolute Gasteiger partial charge is 0.330 e. The lowest BCUT2D eigenvalue weighted by Crippen LogP contribution is -2.39. The van der Waals surface area contributed by atoms with Gasteiger partial charge in [0.1, 0.15) is 24.0 Å². The van der Waals surface area contributed by atoms with Gasteiger partial charge in [-0.15, -0.1) is 6.42 Å². The summed E-state index contributed by atoms with van der Waals surface area (Å²) in [5.74, 6) is 1.46. The Balaban J connectivity index is 1.83. The number of ether oxygens (including phenoxy) is 2. The third-order valence-corrected chi connectivity index (χ3v) is 8.02. The molecule has 206 valence electrons. The molecule has 1 saturated heterocycles. The fourth-order valence-electron chi connectivity index (χ4n) is 3.84.